The Kier molecular flexibility index (Phi) is 7.52. The van der Waals surface area contributed by atoms with Crippen molar-refractivity contribution in [2.24, 2.45) is 0 Å². The molecule has 4 heterocycles. The largest absolute Gasteiger partial charge is 0.419 e. The van der Waals surface area contributed by atoms with Gasteiger partial charge in [0.1, 0.15) is 17.5 Å². The second kappa shape index (κ2) is 10.9. The number of allylic oxidation sites excluding steroid dienone is 2. The summed E-state index contributed by atoms with van der Waals surface area (Å²) < 4.78 is 74.1. The van der Waals surface area contributed by atoms with E-state index in [0.717, 1.165) is 18.2 Å². The highest BCUT2D eigenvalue weighted by molar-refractivity contribution is 5.68. The number of piperazine rings is 1. The number of morpholine rings is 1. The van der Waals surface area contributed by atoms with E-state index in [-0.39, 0.29) is 5.82 Å². The number of rotatable bonds is 5. The van der Waals surface area contributed by atoms with Gasteiger partial charge in [0.2, 0.25) is 5.95 Å². The molecule has 0 saturated carbocycles. The minimum Gasteiger partial charge on any atom is -0.378 e. The summed E-state index contributed by atoms with van der Waals surface area (Å²) in [6.45, 7) is 6.09. The Bertz CT molecular complexity index is 1270. The van der Waals surface area contributed by atoms with Crippen molar-refractivity contribution in [1.82, 2.24) is 19.8 Å². The molecule has 2 aromatic rings. The number of likely N-dealkylation sites (N-methyl/N-ethyl adjacent to an activating group) is 1. The molecule has 3 aliphatic heterocycles. The van der Waals surface area contributed by atoms with E-state index < -0.39 is 23.4 Å². The minimum atomic E-state index is -4.45. The van der Waals surface area contributed by atoms with E-state index in [4.69, 9.17) is 9.72 Å². The number of halogens is 5. The van der Waals surface area contributed by atoms with Gasteiger partial charge in [-0.2, -0.15) is 23.1 Å². The number of benzene rings is 1. The van der Waals surface area contributed by atoms with Gasteiger partial charge in [-0.3, -0.25) is 0 Å². The van der Waals surface area contributed by atoms with Crippen LogP contribution in [-0.4, -0.2) is 92.0 Å². The molecule has 5 rings (SSSR count). The highest BCUT2D eigenvalue weighted by Gasteiger charge is 2.39. The average molecular weight is 552 g/mol. The van der Waals surface area contributed by atoms with Crippen molar-refractivity contribution in [2.75, 3.05) is 81.2 Å². The molecule has 0 amide bonds. The van der Waals surface area contributed by atoms with Crippen molar-refractivity contribution in [3.05, 3.63) is 58.9 Å². The van der Waals surface area contributed by atoms with Crippen molar-refractivity contribution in [1.29, 1.82) is 0 Å². The fraction of sp³-hybridized carbons (Fsp3) is 0.462. The summed E-state index contributed by atoms with van der Waals surface area (Å²) >= 11 is 0. The van der Waals surface area contributed by atoms with E-state index in [1.807, 2.05) is 16.7 Å². The predicted molar refractivity (Wildman–Crippen MR) is 138 cm³/mol. The van der Waals surface area contributed by atoms with Crippen LogP contribution in [0.3, 0.4) is 0 Å². The summed E-state index contributed by atoms with van der Waals surface area (Å²) in [4.78, 5) is 16.9. The highest BCUT2D eigenvalue weighted by Crippen LogP contribution is 2.35. The molecular weight excluding hydrogens is 521 g/mol. The summed E-state index contributed by atoms with van der Waals surface area (Å²) in [6.07, 6.45) is -1.78. The minimum absolute atomic E-state index is 0.179. The molecule has 2 fully saturated rings. The number of nitrogens with zero attached hydrogens (tertiary/aromatic N) is 6. The first-order valence-corrected chi connectivity index (χ1v) is 12.7. The van der Waals surface area contributed by atoms with E-state index >= 15 is 0 Å². The van der Waals surface area contributed by atoms with Crippen molar-refractivity contribution in [3.8, 4) is 0 Å². The SMILES string of the molecule is Cc1c(Nc2ccc(F)c(F)c2)nc(N2CCOCC2)nc1N1CCN(C2=C(C(F)(F)F)C=CCN2C)CC1. The Morgan fingerprint density at radius 2 is 1.59 bits per heavy atom. The van der Waals surface area contributed by atoms with Gasteiger partial charge in [0.25, 0.3) is 0 Å². The van der Waals surface area contributed by atoms with Crippen LogP contribution in [0.5, 0.6) is 0 Å². The molecule has 8 nitrogen and oxygen atoms in total. The number of ether oxygens (including phenoxy) is 1. The molecule has 0 atom stereocenters. The van der Waals surface area contributed by atoms with Gasteiger partial charge >= 0.3 is 6.18 Å². The van der Waals surface area contributed by atoms with E-state index in [9.17, 15) is 22.0 Å². The quantitative estimate of drug-likeness (QED) is 0.559. The normalized spacial score (nSPS) is 18.7. The lowest BCUT2D eigenvalue weighted by Gasteiger charge is -2.42. The third-order valence-corrected chi connectivity index (χ3v) is 7.03. The third-order valence-electron chi connectivity index (χ3n) is 7.03. The van der Waals surface area contributed by atoms with E-state index in [2.05, 4.69) is 10.3 Å². The van der Waals surface area contributed by atoms with Crippen LogP contribution in [-0.2, 0) is 4.74 Å². The van der Waals surface area contributed by atoms with Crippen molar-refractivity contribution in [3.63, 3.8) is 0 Å². The molecule has 39 heavy (non-hydrogen) atoms. The average Bonchev–Trinajstić information content (AvgIpc) is 2.92. The first kappa shape index (κ1) is 27.0. The lowest BCUT2D eigenvalue weighted by atomic mass is 10.1. The maximum absolute atomic E-state index is 13.9. The Labute approximate surface area is 223 Å². The first-order chi connectivity index (χ1) is 18.6. The topological polar surface area (TPSA) is 60.0 Å². The van der Waals surface area contributed by atoms with Crippen LogP contribution in [0.4, 0.5) is 45.2 Å². The molecule has 0 spiro atoms. The molecule has 0 bridgehead atoms. The van der Waals surface area contributed by atoms with Gasteiger partial charge in [-0.25, -0.2) is 8.78 Å². The van der Waals surface area contributed by atoms with Gasteiger partial charge in [0.15, 0.2) is 11.6 Å². The molecule has 0 unspecified atom stereocenters. The van der Waals surface area contributed by atoms with Gasteiger partial charge in [0, 0.05) is 70.2 Å². The summed E-state index contributed by atoms with van der Waals surface area (Å²) in [5.41, 5.74) is 0.382. The van der Waals surface area contributed by atoms with Crippen molar-refractivity contribution < 1.29 is 26.7 Å². The molecule has 2 saturated heterocycles. The molecule has 13 heteroatoms. The smallest absolute Gasteiger partial charge is 0.378 e. The number of nitrogens with one attached hydrogen (secondary N) is 1. The summed E-state index contributed by atoms with van der Waals surface area (Å²) in [5, 5.41) is 3.09. The van der Waals surface area contributed by atoms with Gasteiger partial charge in [-0.1, -0.05) is 6.08 Å². The van der Waals surface area contributed by atoms with Crippen LogP contribution in [0.25, 0.3) is 0 Å². The van der Waals surface area contributed by atoms with Crippen LogP contribution in [0.1, 0.15) is 5.56 Å². The maximum atomic E-state index is 13.9. The number of hydrogen-bond acceptors (Lipinski definition) is 8. The summed E-state index contributed by atoms with van der Waals surface area (Å²) in [7, 11) is 1.66. The standard InChI is InChI=1S/C26H30F5N7O/c1-17-22(32-18-5-6-20(27)21(28)16-18)33-25(38-12-14-39-15-13-38)34-23(17)36-8-10-37(11-9-36)24-19(26(29,30)31)4-3-7-35(24)2/h3-6,16H,7-15H2,1-2H3,(H,32,33,34). The number of hydrogen-bond donors (Lipinski definition) is 1. The molecule has 0 aliphatic carbocycles. The van der Waals surface area contributed by atoms with Gasteiger partial charge in [-0.05, 0) is 25.1 Å². The second-order valence-corrected chi connectivity index (χ2v) is 9.67. The van der Waals surface area contributed by atoms with Crippen LogP contribution >= 0.6 is 0 Å². The molecule has 0 radical (unpaired) electrons. The maximum Gasteiger partial charge on any atom is 0.419 e. The van der Waals surface area contributed by atoms with Crippen LogP contribution < -0.4 is 15.1 Å². The zero-order valence-electron chi connectivity index (χ0n) is 21.7. The number of anilines is 4. The fourth-order valence-electron chi connectivity index (χ4n) is 5.00. The predicted octanol–water partition coefficient (Wildman–Crippen LogP) is 4.04. The van der Waals surface area contributed by atoms with E-state index in [1.165, 1.54) is 12.1 Å². The molecule has 1 aromatic heterocycles. The Balaban J connectivity index is 1.43. The van der Waals surface area contributed by atoms with Crippen molar-refractivity contribution in [2.45, 2.75) is 13.1 Å². The summed E-state index contributed by atoms with van der Waals surface area (Å²) in [6, 6.07) is 3.53. The molecule has 1 aromatic carbocycles. The monoisotopic (exact) mass is 551 g/mol. The van der Waals surface area contributed by atoms with Crippen LogP contribution in [0.15, 0.2) is 41.7 Å². The Morgan fingerprint density at radius 1 is 0.897 bits per heavy atom. The summed E-state index contributed by atoms with van der Waals surface area (Å²) in [5.74, 6) is -0.210. The lowest BCUT2D eigenvalue weighted by Crippen LogP contribution is -2.50. The van der Waals surface area contributed by atoms with Crippen LogP contribution in [0, 0.1) is 18.6 Å². The molecule has 210 valence electrons. The molecule has 1 N–H and O–H groups in total. The van der Waals surface area contributed by atoms with Crippen LogP contribution in [0.2, 0.25) is 0 Å². The Hall–Kier alpha value is -3.61. The van der Waals surface area contributed by atoms with E-state index in [0.29, 0.717) is 87.9 Å². The second-order valence-electron chi connectivity index (χ2n) is 9.67. The lowest BCUT2D eigenvalue weighted by molar-refractivity contribution is -0.0925. The zero-order valence-corrected chi connectivity index (χ0v) is 21.7. The van der Waals surface area contributed by atoms with Gasteiger partial charge < -0.3 is 29.7 Å². The van der Waals surface area contributed by atoms with Crippen molar-refractivity contribution >= 4 is 23.3 Å². The first-order valence-electron chi connectivity index (χ1n) is 12.7. The number of alkyl halides is 3. The van der Waals surface area contributed by atoms with Gasteiger partial charge in [0.05, 0.1) is 18.8 Å². The van der Waals surface area contributed by atoms with Gasteiger partial charge in [-0.15, -0.1) is 0 Å². The highest BCUT2D eigenvalue weighted by atomic mass is 19.4. The molecule has 3 aliphatic rings. The number of aromatic nitrogens is 2. The fourth-order valence-corrected chi connectivity index (χ4v) is 5.00. The third kappa shape index (κ3) is 5.72. The molecular formula is C26H30F5N7O. The Morgan fingerprint density at radius 3 is 2.26 bits per heavy atom. The zero-order chi connectivity index (χ0) is 27.7. The van der Waals surface area contributed by atoms with E-state index in [1.54, 1.807) is 16.8 Å².